The molecule has 0 saturated heterocycles. The summed E-state index contributed by atoms with van der Waals surface area (Å²) in [6.45, 7) is 1.37. The van der Waals surface area contributed by atoms with E-state index >= 15 is 0 Å². The van der Waals surface area contributed by atoms with Gasteiger partial charge < -0.3 is 10.1 Å². The van der Waals surface area contributed by atoms with Crippen molar-refractivity contribution in [1.82, 2.24) is 9.78 Å². The van der Waals surface area contributed by atoms with Gasteiger partial charge >= 0.3 is 0 Å². The number of nitro benzene ring substituents is 1. The second kappa shape index (κ2) is 7.44. The molecule has 9 heteroatoms. The molecule has 0 aliphatic heterocycles. The van der Waals surface area contributed by atoms with Crippen molar-refractivity contribution in [1.29, 1.82) is 0 Å². The van der Waals surface area contributed by atoms with Gasteiger partial charge in [0.2, 0.25) is 0 Å². The number of rotatable bonds is 7. The van der Waals surface area contributed by atoms with Gasteiger partial charge in [0, 0.05) is 44.7 Å². The number of nitrogens with one attached hydrogen (secondary N) is 1. The zero-order chi connectivity index (χ0) is 16.1. The molecule has 0 unspecified atom stereocenters. The monoisotopic (exact) mass is 344 g/mol. The van der Waals surface area contributed by atoms with Crippen molar-refractivity contribution >= 4 is 40.4 Å². The molecule has 1 N–H and O–H groups in total. The number of aryl methyl sites for hydroxylation is 1. The van der Waals surface area contributed by atoms with Crippen LogP contribution in [0.2, 0.25) is 10.0 Å². The van der Waals surface area contributed by atoms with Crippen molar-refractivity contribution in [3.05, 3.63) is 44.6 Å². The highest BCUT2D eigenvalue weighted by Crippen LogP contribution is 2.36. The highest BCUT2D eigenvalue weighted by molar-refractivity contribution is 6.39. The second-order valence-electron chi connectivity index (χ2n) is 4.48. The Morgan fingerprint density at radius 3 is 2.68 bits per heavy atom. The van der Waals surface area contributed by atoms with E-state index in [-0.39, 0.29) is 15.7 Å². The summed E-state index contributed by atoms with van der Waals surface area (Å²) in [5.74, 6) is 0.551. The van der Waals surface area contributed by atoms with Crippen LogP contribution in [0.5, 0.6) is 0 Å². The number of anilines is 2. The maximum atomic E-state index is 10.7. The van der Waals surface area contributed by atoms with Gasteiger partial charge in [-0.1, -0.05) is 23.2 Å². The van der Waals surface area contributed by atoms with E-state index in [0.717, 1.165) is 13.0 Å². The molecule has 0 amide bonds. The summed E-state index contributed by atoms with van der Waals surface area (Å²) in [6, 6.07) is 4.25. The number of non-ortho nitro benzene ring substituents is 1. The van der Waals surface area contributed by atoms with E-state index in [1.54, 1.807) is 17.9 Å². The fraction of sp³-hybridized carbons (Fsp3) is 0.308. The van der Waals surface area contributed by atoms with Gasteiger partial charge in [-0.15, -0.1) is 0 Å². The van der Waals surface area contributed by atoms with Gasteiger partial charge in [0.1, 0.15) is 0 Å². The molecule has 1 aromatic carbocycles. The number of nitro groups is 1. The number of aromatic nitrogens is 2. The molecule has 118 valence electrons. The largest absolute Gasteiger partial charge is 0.385 e. The average molecular weight is 345 g/mol. The molecule has 0 radical (unpaired) electrons. The van der Waals surface area contributed by atoms with Gasteiger partial charge in [0.05, 0.1) is 20.7 Å². The van der Waals surface area contributed by atoms with Gasteiger partial charge in [-0.25, -0.2) is 0 Å². The third kappa shape index (κ3) is 4.09. The van der Waals surface area contributed by atoms with Crippen LogP contribution in [0, 0.1) is 10.1 Å². The van der Waals surface area contributed by atoms with Crippen LogP contribution in [0.15, 0.2) is 24.4 Å². The first-order valence-corrected chi connectivity index (χ1v) is 7.19. The van der Waals surface area contributed by atoms with Crippen LogP contribution in [-0.4, -0.2) is 28.4 Å². The summed E-state index contributed by atoms with van der Waals surface area (Å²) in [4.78, 5) is 10.2. The molecule has 1 heterocycles. The molecular formula is C13H14Cl2N4O3. The predicted molar refractivity (Wildman–Crippen MR) is 85.1 cm³/mol. The highest BCUT2D eigenvalue weighted by Gasteiger charge is 2.15. The van der Waals surface area contributed by atoms with Crippen LogP contribution in [0.1, 0.15) is 6.42 Å². The first-order valence-electron chi connectivity index (χ1n) is 6.44. The highest BCUT2D eigenvalue weighted by atomic mass is 35.5. The van der Waals surface area contributed by atoms with Crippen LogP contribution < -0.4 is 5.32 Å². The molecule has 22 heavy (non-hydrogen) atoms. The summed E-state index contributed by atoms with van der Waals surface area (Å²) >= 11 is 12.1. The zero-order valence-electron chi connectivity index (χ0n) is 11.8. The molecular weight excluding hydrogens is 331 g/mol. The topological polar surface area (TPSA) is 82.2 Å². The summed E-state index contributed by atoms with van der Waals surface area (Å²) in [7, 11) is 1.65. The Morgan fingerprint density at radius 2 is 2.09 bits per heavy atom. The second-order valence-corrected chi connectivity index (χ2v) is 5.29. The van der Waals surface area contributed by atoms with Crippen LogP contribution in [0.4, 0.5) is 17.2 Å². The maximum absolute atomic E-state index is 10.7. The van der Waals surface area contributed by atoms with Gasteiger partial charge in [-0.05, 0) is 6.42 Å². The summed E-state index contributed by atoms with van der Waals surface area (Å²) in [5.41, 5.74) is 0.224. The summed E-state index contributed by atoms with van der Waals surface area (Å²) in [5, 5.41) is 18.3. The first kappa shape index (κ1) is 16.5. The average Bonchev–Trinajstić information content (AvgIpc) is 2.90. The fourth-order valence-electron chi connectivity index (χ4n) is 1.84. The lowest BCUT2D eigenvalue weighted by Gasteiger charge is -2.08. The minimum Gasteiger partial charge on any atom is -0.385 e. The molecule has 7 nitrogen and oxygen atoms in total. The van der Waals surface area contributed by atoms with E-state index in [9.17, 15) is 10.1 Å². The van der Waals surface area contributed by atoms with Crippen molar-refractivity contribution in [3.8, 4) is 0 Å². The number of hydrogen-bond donors (Lipinski definition) is 1. The van der Waals surface area contributed by atoms with Gasteiger partial charge in [-0.3, -0.25) is 14.8 Å². The smallest absolute Gasteiger partial charge is 0.272 e. The Morgan fingerprint density at radius 1 is 1.41 bits per heavy atom. The maximum Gasteiger partial charge on any atom is 0.272 e. The molecule has 0 bridgehead atoms. The van der Waals surface area contributed by atoms with E-state index in [1.807, 2.05) is 6.20 Å². The fourth-order valence-corrected chi connectivity index (χ4v) is 2.41. The molecule has 0 fully saturated rings. The zero-order valence-corrected chi connectivity index (χ0v) is 13.3. The van der Waals surface area contributed by atoms with Crippen molar-refractivity contribution in [2.75, 3.05) is 19.0 Å². The summed E-state index contributed by atoms with van der Waals surface area (Å²) in [6.07, 6.45) is 2.65. The van der Waals surface area contributed by atoms with E-state index in [4.69, 9.17) is 27.9 Å². The number of nitrogens with zero attached hydrogens (tertiary/aromatic N) is 3. The van der Waals surface area contributed by atoms with E-state index in [0.29, 0.717) is 18.1 Å². The SMILES string of the molecule is COCCCn1ccc(Nc2c(Cl)cc([N+](=O)[O-])cc2Cl)n1. The Bertz CT molecular complexity index is 652. The van der Waals surface area contributed by atoms with Crippen molar-refractivity contribution in [2.24, 2.45) is 0 Å². The number of ether oxygens (including phenoxy) is 1. The first-order chi connectivity index (χ1) is 10.5. The summed E-state index contributed by atoms with van der Waals surface area (Å²) < 4.78 is 6.74. The third-order valence-corrected chi connectivity index (χ3v) is 3.46. The van der Waals surface area contributed by atoms with E-state index in [1.165, 1.54) is 12.1 Å². The lowest BCUT2D eigenvalue weighted by Crippen LogP contribution is -2.03. The molecule has 2 rings (SSSR count). The number of halogens is 2. The lowest BCUT2D eigenvalue weighted by molar-refractivity contribution is -0.384. The van der Waals surface area contributed by atoms with E-state index in [2.05, 4.69) is 10.4 Å². The quantitative estimate of drug-likeness (QED) is 0.468. The van der Waals surface area contributed by atoms with Crippen LogP contribution >= 0.6 is 23.2 Å². The van der Waals surface area contributed by atoms with Crippen LogP contribution in [0.3, 0.4) is 0 Å². The number of methoxy groups -OCH3 is 1. The number of benzene rings is 1. The molecule has 0 aliphatic rings. The minimum absolute atomic E-state index is 0.160. The minimum atomic E-state index is -0.550. The Hall–Kier alpha value is -1.83. The van der Waals surface area contributed by atoms with E-state index < -0.39 is 4.92 Å². The molecule has 2 aromatic rings. The van der Waals surface area contributed by atoms with Crippen molar-refractivity contribution in [2.45, 2.75) is 13.0 Å². The molecule has 0 saturated carbocycles. The standard InChI is InChI=1S/C13H14Cl2N4O3/c1-22-6-2-4-18-5-3-12(17-18)16-13-10(14)7-9(19(20)21)8-11(13)15/h3,5,7-8H,2,4,6H2,1H3,(H,16,17). The molecule has 0 spiro atoms. The van der Waals surface area contributed by atoms with Gasteiger partial charge in [-0.2, -0.15) is 5.10 Å². The Labute approximate surface area is 136 Å². The normalized spacial score (nSPS) is 10.7. The lowest BCUT2D eigenvalue weighted by atomic mass is 10.3. The molecule has 1 aromatic heterocycles. The van der Waals surface area contributed by atoms with Gasteiger partial charge in [0.15, 0.2) is 5.82 Å². The molecule has 0 atom stereocenters. The van der Waals surface area contributed by atoms with Crippen molar-refractivity contribution < 1.29 is 9.66 Å². The molecule has 0 aliphatic carbocycles. The van der Waals surface area contributed by atoms with Crippen molar-refractivity contribution in [3.63, 3.8) is 0 Å². The van der Waals surface area contributed by atoms with Crippen LogP contribution in [0.25, 0.3) is 0 Å². The van der Waals surface area contributed by atoms with Crippen LogP contribution in [-0.2, 0) is 11.3 Å². The van der Waals surface area contributed by atoms with Gasteiger partial charge in [0.25, 0.3) is 5.69 Å². The predicted octanol–water partition coefficient (Wildman–Crippen LogP) is 3.88. The Kier molecular flexibility index (Phi) is 5.59. The number of hydrogen-bond acceptors (Lipinski definition) is 5. The Balaban J connectivity index is 2.12. The third-order valence-electron chi connectivity index (χ3n) is 2.87.